The number of hydrogen-bond acceptors (Lipinski definition) is 3. The molecule has 1 aromatic rings. The van der Waals surface area contributed by atoms with Gasteiger partial charge in [-0.05, 0) is 53.1 Å². The molecule has 0 radical (unpaired) electrons. The van der Waals surface area contributed by atoms with Crippen molar-refractivity contribution < 1.29 is 9.50 Å². The quantitative estimate of drug-likeness (QED) is 0.859. The molecule has 0 saturated carbocycles. The lowest BCUT2D eigenvalue weighted by Gasteiger charge is -2.34. The van der Waals surface area contributed by atoms with Crippen LogP contribution in [-0.4, -0.2) is 43.2 Å². The number of rotatable bonds is 6. The Kier molecular flexibility index (Phi) is 5.76. The van der Waals surface area contributed by atoms with E-state index in [1.54, 1.807) is 13.0 Å². The zero-order valence-corrected chi connectivity index (χ0v) is 12.5. The van der Waals surface area contributed by atoms with E-state index in [1.807, 2.05) is 14.1 Å². The lowest BCUT2D eigenvalue weighted by molar-refractivity contribution is 0.199. The van der Waals surface area contributed by atoms with Gasteiger partial charge in [-0.25, -0.2) is 4.39 Å². The molecule has 1 N–H and O–H groups in total. The second-order valence-corrected chi connectivity index (χ2v) is 5.28. The Bertz CT molecular complexity index is 407. The van der Waals surface area contributed by atoms with Crippen LogP contribution in [0.3, 0.4) is 0 Å². The largest absolute Gasteiger partial charge is 0.389 e. The summed E-state index contributed by atoms with van der Waals surface area (Å²) in [6.07, 6.45) is -0.675. The van der Waals surface area contributed by atoms with Crippen LogP contribution in [0.2, 0.25) is 0 Å². The summed E-state index contributed by atoms with van der Waals surface area (Å²) in [5, 5.41) is 9.83. The van der Waals surface area contributed by atoms with E-state index >= 15 is 0 Å². The van der Waals surface area contributed by atoms with E-state index in [1.165, 1.54) is 12.1 Å². The van der Waals surface area contributed by atoms with Gasteiger partial charge in [0.25, 0.3) is 0 Å². The third-order valence-corrected chi connectivity index (χ3v) is 3.25. The van der Waals surface area contributed by atoms with Crippen molar-refractivity contribution in [2.24, 2.45) is 0 Å². The Hall–Kier alpha value is -1.13. The number of aliphatic hydroxyl groups excluding tert-OH is 1. The first-order valence-corrected chi connectivity index (χ1v) is 6.75. The van der Waals surface area contributed by atoms with Crippen molar-refractivity contribution in [1.29, 1.82) is 0 Å². The van der Waals surface area contributed by atoms with Crippen molar-refractivity contribution in [3.63, 3.8) is 0 Å². The Balaban J connectivity index is 3.10. The Morgan fingerprint density at radius 2 is 1.89 bits per heavy atom. The summed E-state index contributed by atoms with van der Waals surface area (Å²) in [4.78, 5) is 4.32. The highest BCUT2D eigenvalue weighted by molar-refractivity contribution is 5.55. The molecule has 0 aliphatic heterocycles. The number of nitrogens with zero attached hydrogens (tertiary/aromatic N) is 2. The fraction of sp³-hybridized carbons (Fsp3) is 0.600. The second kappa shape index (κ2) is 6.87. The molecule has 3 nitrogen and oxygen atoms in total. The van der Waals surface area contributed by atoms with Crippen LogP contribution in [-0.2, 0) is 0 Å². The van der Waals surface area contributed by atoms with Crippen molar-refractivity contribution in [2.45, 2.75) is 32.9 Å². The summed E-state index contributed by atoms with van der Waals surface area (Å²) in [6, 6.07) is 4.92. The van der Waals surface area contributed by atoms with Gasteiger partial charge in [-0.1, -0.05) is 0 Å². The molecule has 1 unspecified atom stereocenters. The summed E-state index contributed by atoms with van der Waals surface area (Å²) < 4.78 is 13.3. The van der Waals surface area contributed by atoms with Crippen molar-refractivity contribution in [1.82, 2.24) is 4.90 Å². The van der Waals surface area contributed by atoms with Gasteiger partial charge in [0.1, 0.15) is 5.82 Å². The van der Waals surface area contributed by atoms with E-state index in [0.29, 0.717) is 11.6 Å². The normalized spacial score (nSPS) is 14.5. The molecule has 19 heavy (non-hydrogen) atoms. The highest BCUT2D eigenvalue weighted by Gasteiger charge is 2.19. The average molecular weight is 268 g/mol. The number of benzene rings is 1. The molecule has 0 amide bonds. The summed E-state index contributed by atoms with van der Waals surface area (Å²) in [5.74, 6) is -0.309. The summed E-state index contributed by atoms with van der Waals surface area (Å²) >= 11 is 0. The fourth-order valence-corrected chi connectivity index (χ4v) is 2.47. The average Bonchev–Trinajstić information content (AvgIpc) is 2.30. The molecule has 1 rings (SSSR count). The van der Waals surface area contributed by atoms with Crippen LogP contribution in [0.25, 0.3) is 0 Å². The predicted molar refractivity (Wildman–Crippen MR) is 78.1 cm³/mol. The zero-order valence-electron chi connectivity index (χ0n) is 12.5. The number of halogens is 1. The number of anilines is 1. The van der Waals surface area contributed by atoms with Gasteiger partial charge in [0.2, 0.25) is 0 Å². The van der Waals surface area contributed by atoms with Crippen LogP contribution < -0.4 is 4.90 Å². The van der Waals surface area contributed by atoms with Gasteiger partial charge in [-0.15, -0.1) is 0 Å². The van der Waals surface area contributed by atoms with E-state index in [2.05, 4.69) is 23.6 Å². The smallest absolute Gasteiger partial charge is 0.123 e. The molecule has 0 saturated heterocycles. The standard InChI is InChI=1S/C15H25FN2O/c1-6-18(11(2)10-17(4)5)15-8-7-13(16)9-14(15)12(3)19/h7-9,11-12,19H,6,10H2,1-5H3/t11?,12-/m1/s1. The molecule has 0 spiro atoms. The number of likely N-dealkylation sites (N-methyl/N-ethyl adjacent to an activating group) is 2. The van der Waals surface area contributed by atoms with Crippen LogP contribution in [0, 0.1) is 5.82 Å². The SMILES string of the molecule is CCN(c1ccc(F)cc1[C@@H](C)O)C(C)CN(C)C. The monoisotopic (exact) mass is 268 g/mol. The third kappa shape index (κ3) is 4.18. The maximum Gasteiger partial charge on any atom is 0.123 e. The van der Waals surface area contributed by atoms with Crippen LogP contribution in [0.5, 0.6) is 0 Å². The Labute approximate surface area is 115 Å². The molecule has 1 aromatic carbocycles. The zero-order chi connectivity index (χ0) is 14.6. The minimum Gasteiger partial charge on any atom is -0.389 e. The molecule has 4 heteroatoms. The van der Waals surface area contributed by atoms with Crippen molar-refractivity contribution in [2.75, 3.05) is 32.1 Å². The maximum atomic E-state index is 13.3. The van der Waals surface area contributed by atoms with Crippen molar-refractivity contribution >= 4 is 5.69 Å². The molecule has 0 aliphatic rings. The molecule has 0 aliphatic carbocycles. The van der Waals surface area contributed by atoms with E-state index in [4.69, 9.17) is 0 Å². The molecular weight excluding hydrogens is 243 g/mol. The van der Waals surface area contributed by atoms with Crippen LogP contribution in [0.4, 0.5) is 10.1 Å². The molecule has 108 valence electrons. The van der Waals surface area contributed by atoms with E-state index in [9.17, 15) is 9.50 Å². The number of hydrogen-bond donors (Lipinski definition) is 1. The van der Waals surface area contributed by atoms with E-state index in [-0.39, 0.29) is 5.82 Å². The van der Waals surface area contributed by atoms with Crippen LogP contribution >= 0.6 is 0 Å². The first kappa shape index (κ1) is 15.9. The lowest BCUT2D eigenvalue weighted by Crippen LogP contribution is -2.40. The summed E-state index contributed by atoms with van der Waals surface area (Å²) in [5.41, 5.74) is 1.56. The molecule has 0 heterocycles. The number of aliphatic hydroxyl groups is 1. The third-order valence-electron chi connectivity index (χ3n) is 3.25. The Morgan fingerprint density at radius 1 is 1.26 bits per heavy atom. The molecule has 0 aromatic heterocycles. The first-order chi connectivity index (χ1) is 8.86. The topological polar surface area (TPSA) is 26.7 Å². The maximum absolute atomic E-state index is 13.3. The van der Waals surface area contributed by atoms with Gasteiger partial charge in [0, 0.05) is 30.4 Å². The molecular formula is C15H25FN2O. The lowest BCUT2D eigenvalue weighted by atomic mass is 10.1. The van der Waals surface area contributed by atoms with E-state index in [0.717, 1.165) is 18.8 Å². The van der Waals surface area contributed by atoms with Gasteiger partial charge in [0.15, 0.2) is 0 Å². The molecule has 0 bridgehead atoms. The highest BCUT2D eigenvalue weighted by atomic mass is 19.1. The van der Waals surface area contributed by atoms with Gasteiger partial charge in [-0.2, -0.15) is 0 Å². The predicted octanol–water partition coefficient (Wildman–Crippen LogP) is 2.66. The van der Waals surface area contributed by atoms with E-state index < -0.39 is 6.10 Å². The Morgan fingerprint density at radius 3 is 2.37 bits per heavy atom. The fourth-order valence-electron chi connectivity index (χ4n) is 2.47. The minimum absolute atomic E-state index is 0.294. The van der Waals surface area contributed by atoms with Gasteiger partial charge in [-0.3, -0.25) is 0 Å². The first-order valence-electron chi connectivity index (χ1n) is 6.75. The van der Waals surface area contributed by atoms with Crippen molar-refractivity contribution in [3.8, 4) is 0 Å². The highest BCUT2D eigenvalue weighted by Crippen LogP contribution is 2.28. The van der Waals surface area contributed by atoms with Gasteiger partial charge < -0.3 is 14.9 Å². The minimum atomic E-state index is -0.675. The van der Waals surface area contributed by atoms with Crippen LogP contribution in [0.15, 0.2) is 18.2 Å². The van der Waals surface area contributed by atoms with Gasteiger partial charge >= 0.3 is 0 Å². The van der Waals surface area contributed by atoms with Crippen LogP contribution in [0.1, 0.15) is 32.4 Å². The molecule has 2 atom stereocenters. The molecule has 0 fully saturated rings. The summed E-state index contributed by atoms with van der Waals surface area (Å²) in [6.45, 7) is 7.60. The summed E-state index contributed by atoms with van der Waals surface area (Å²) in [7, 11) is 4.06. The van der Waals surface area contributed by atoms with Gasteiger partial charge in [0.05, 0.1) is 6.10 Å². The van der Waals surface area contributed by atoms with Crippen molar-refractivity contribution in [3.05, 3.63) is 29.6 Å². The second-order valence-electron chi connectivity index (χ2n) is 5.28.